The van der Waals surface area contributed by atoms with E-state index in [1.165, 1.54) is 0 Å². The van der Waals surface area contributed by atoms with Crippen LogP contribution in [-0.2, 0) is 6.42 Å². The third kappa shape index (κ3) is 2.65. The minimum absolute atomic E-state index is 0.253. The smallest absolute Gasteiger partial charge is 0.162 e. The first kappa shape index (κ1) is 14.1. The van der Waals surface area contributed by atoms with Crippen LogP contribution in [0.4, 0.5) is 0 Å². The number of hydrogen-bond donors (Lipinski definition) is 1. The lowest BCUT2D eigenvalue weighted by atomic mass is 10.1. The van der Waals surface area contributed by atoms with Crippen molar-refractivity contribution < 1.29 is 14.6 Å². The topological polar surface area (TPSA) is 64.5 Å². The van der Waals surface area contributed by atoms with E-state index in [-0.39, 0.29) is 5.75 Å². The molecular weight excluding hydrogens is 280 g/mol. The largest absolute Gasteiger partial charge is 0.508 e. The highest BCUT2D eigenvalue weighted by atomic mass is 16.5. The molecular formula is C17H16N2O3. The van der Waals surface area contributed by atoms with Crippen LogP contribution in [0.15, 0.2) is 42.7 Å². The lowest BCUT2D eigenvalue weighted by Gasteiger charge is -2.11. The van der Waals surface area contributed by atoms with Crippen LogP contribution in [0.25, 0.3) is 10.9 Å². The molecule has 5 nitrogen and oxygen atoms in total. The molecule has 0 spiro atoms. The van der Waals surface area contributed by atoms with Crippen molar-refractivity contribution in [3.8, 4) is 17.2 Å². The van der Waals surface area contributed by atoms with Gasteiger partial charge in [0.2, 0.25) is 0 Å². The molecule has 0 saturated carbocycles. The number of methoxy groups -OCH3 is 2. The number of benzene rings is 2. The van der Waals surface area contributed by atoms with Gasteiger partial charge in [0.15, 0.2) is 11.5 Å². The highest BCUT2D eigenvalue weighted by Crippen LogP contribution is 2.32. The van der Waals surface area contributed by atoms with Gasteiger partial charge in [-0.25, -0.2) is 9.97 Å². The maximum Gasteiger partial charge on any atom is 0.162 e. The molecule has 0 aliphatic rings. The summed E-state index contributed by atoms with van der Waals surface area (Å²) in [6.45, 7) is 0. The first-order valence-corrected chi connectivity index (χ1v) is 6.85. The Hall–Kier alpha value is -2.82. The average Bonchev–Trinajstić information content (AvgIpc) is 2.56. The summed E-state index contributed by atoms with van der Waals surface area (Å²) in [5.41, 5.74) is 2.77. The molecule has 0 saturated heterocycles. The number of phenols is 1. The van der Waals surface area contributed by atoms with Crippen molar-refractivity contribution >= 4 is 10.9 Å². The van der Waals surface area contributed by atoms with Gasteiger partial charge >= 0.3 is 0 Å². The van der Waals surface area contributed by atoms with E-state index < -0.39 is 0 Å². The molecule has 0 bridgehead atoms. The van der Waals surface area contributed by atoms with Crippen LogP contribution in [-0.4, -0.2) is 29.3 Å². The van der Waals surface area contributed by atoms with Crippen LogP contribution in [0.3, 0.4) is 0 Å². The van der Waals surface area contributed by atoms with Gasteiger partial charge in [0, 0.05) is 17.9 Å². The second-order valence-corrected chi connectivity index (χ2v) is 4.89. The first-order valence-electron chi connectivity index (χ1n) is 6.85. The van der Waals surface area contributed by atoms with Crippen molar-refractivity contribution in [3.63, 3.8) is 0 Å². The van der Waals surface area contributed by atoms with E-state index in [2.05, 4.69) is 9.97 Å². The Balaban J connectivity index is 2.07. The molecule has 22 heavy (non-hydrogen) atoms. The lowest BCUT2D eigenvalue weighted by molar-refractivity contribution is 0.355. The number of nitrogens with zero attached hydrogens (tertiary/aromatic N) is 2. The van der Waals surface area contributed by atoms with Gasteiger partial charge in [-0.3, -0.25) is 0 Å². The number of aromatic hydroxyl groups is 1. The Bertz CT molecular complexity index is 801. The van der Waals surface area contributed by atoms with Gasteiger partial charge in [0.1, 0.15) is 12.1 Å². The lowest BCUT2D eigenvalue weighted by Crippen LogP contribution is -1.97. The van der Waals surface area contributed by atoms with E-state index in [0.29, 0.717) is 17.9 Å². The van der Waals surface area contributed by atoms with Gasteiger partial charge in [-0.05, 0) is 23.8 Å². The Labute approximate surface area is 128 Å². The van der Waals surface area contributed by atoms with Gasteiger partial charge < -0.3 is 14.6 Å². The van der Waals surface area contributed by atoms with Crippen molar-refractivity contribution in [2.45, 2.75) is 6.42 Å². The van der Waals surface area contributed by atoms with Crippen LogP contribution in [0, 0.1) is 0 Å². The molecule has 0 amide bonds. The second kappa shape index (κ2) is 5.89. The van der Waals surface area contributed by atoms with Crippen LogP contribution in [0.5, 0.6) is 17.2 Å². The molecule has 2 aromatic carbocycles. The normalized spacial score (nSPS) is 10.6. The van der Waals surface area contributed by atoms with Crippen LogP contribution < -0.4 is 9.47 Å². The zero-order chi connectivity index (χ0) is 15.5. The third-order valence-electron chi connectivity index (χ3n) is 3.53. The van der Waals surface area contributed by atoms with E-state index in [4.69, 9.17) is 9.47 Å². The minimum atomic E-state index is 0.253. The predicted molar refractivity (Wildman–Crippen MR) is 83.6 cm³/mol. The average molecular weight is 296 g/mol. The number of phenolic OH excluding ortho intramolecular Hbond substituents is 1. The Morgan fingerprint density at radius 3 is 2.32 bits per heavy atom. The first-order chi connectivity index (χ1) is 10.7. The summed E-state index contributed by atoms with van der Waals surface area (Å²) < 4.78 is 10.7. The molecule has 0 atom stereocenters. The quantitative estimate of drug-likeness (QED) is 0.802. The van der Waals surface area contributed by atoms with Gasteiger partial charge in [-0.2, -0.15) is 0 Å². The molecule has 5 heteroatoms. The number of rotatable bonds is 4. The highest BCUT2D eigenvalue weighted by Gasteiger charge is 2.11. The summed E-state index contributed by atoms with van der Waals surface area (Å²) in [4.78, 5) is 8.68. The van der Waals surface area contributed by atoms with Gasteiger partial charge in [-0.15, -0.1) is 0 Å². The van der Waals surface area contributed by atoms with Crippen molar-refractivity contribution in [2.24, 2.45) is 0 Å². The fourth-order valence-electron chi connectivity index (χ4n) is 2.38. The Kier molecular flexibility index (Phi) is 3.78. The molecule has 0 unspecified atom stereocenters. The fourth-order valence-corrected chi connectivity index (χ4v) is 2.38. The fraction of sp³-hybridized carbons (Fsp3) is 0.176. The van der Waals surface area contributed by atoms with E-state index in [1.807, 2.05) is 24.3 Å². The minimum Gasteiger partial charge on any atom is -0.508 e. The molecule has 0 aliphatic heterocycles. The maximum atomic E-state index is 9.36. The Morgan fingerprint density at radius 1 is 0.955 bits per heavy atom. The molecule has 3 aromatic rings. The number of fused-ring (bicyclic) bond motifs is 1. The number of hydrogen-bond acceptors (Lipinski definition) is 5. The predicted octanol–water partition coefficient (Wildman–Crippen LogP) is 2.94. The summed E-state index contributed by atoms with van der Waals surface area (Å²) in [7, 11) is 3.20. The molecule has 1 heterocycles. The highest BCUT2D eigenvalue weighted by molar-refractivity contribution is 5.84. The van der Waals surface area contributed by atoms with E-state index in [1.54, 1.807) is 32.7 Å². The van der Waals surface area contributed by atoms with Crippen molar-refractivity contribution in [3.05, 3.63) is 54.0 Å². The number of aromatic nitrogens is 2. The molecule has 0 fully saturated rings. The third-order valence-corrected chi connectivity index (χ3v) is 3.53. The van der Waals surface area contributed by atoms with E-state index in [0.717, 1.165) is 22.2 Å². The second-order valence-electron chi connectivity index (χ2n) is 4.89. The Morgan fingerprint density at radius 2 is 1.64 bits per heavy atom. The molecule has 1 aromatic heterocycles. The standard InChI is InChI=1S/C17H16N2O3/c1-21-16-8-13-14(7-11-3-5-12(20)6-4-11)18-10-19-15(13)9-17(16)22-2/h3-6,8-10,20H,7H2,1-2H3. The summed E-state index contributed by atoms with van der Waals surface area (Å²) in [6, 6.07) is 10.8. The molecule has 112 valence electrons. The van der Waals surface area contributed by atoms with Crippen LogP contribution in [0.2, 0.25) is 0 Å². The molecule has 0 radical (unpaired) electrons. The molecule has 0 aliphatic carbocycles. The summed E-state index contributed by atoms with van der Waals surface area (Å²) >= 11 is 0. The summed E-state index contributed by atoms with van der Waals surface area (Å²) in [5, 5.41) is 10.3. The summed E-state index contributed by atoms with van der Waals surface area (Å²) in [6.07, 6.45) is 2.19. The molecule has 3 rings (SSSR count). The van der Waals surface area contributed by atoms with Crippen molar-refractivity contribution in [1.29, 1.82) is 0 Å². The van der Waals surface area contributed by atoms with Crippen LogP contribution in [0.1, 0.15) is 11.3 Å². The van der Waals surface area contributed by atoms with E-state index >= 15 is 0 Å². The van der Waals surface area contributed by atoms with Gasteiger partial charge in [0.25, 0.3) is 0 Å². The van der Waals surface area contributed by atoms with Crippen molar-refractivity contribution in [2.75, 3.05) is 14.2 Å². The van der Waals surface area contributed by atoms with E-state index in [9.17, 15) is 5.11 Å². The number of ether oxygens (including phenoxy) is 2. The monoisotopic (exact) mass is 296 g/mol. The zero-order valence-electron chi connectivity index (χ0n) is 12.4. The maximum absolute atomic E-state index is 9.36. The zero-order valence-corrected chi connectivity index (χ0v) is 12.4. The summed E-state index contributed by atoms with van der Waals surface area (Å²) in [5.74, 6) is 1.55. The van der Waals surface area contributed by atoms with Gasteiger partial charge in [-0.1, -0.05) is 12.1 Å². The van der Waals surface area contributed by atoms with Gasteiger partial charge in [0.05, 0.1) is 25.4 Å². The van der Waals surface area contributed by atoms with Crippen molar-refractivity contribution in [1.82, 2.24) is 9.97 Å². The van der Waals surface area contributed by atoms with Crippen LogP contribution >= 0.6 is 0 Å². The SMILES string of the molecule is COc1cc2ncnc(Cc3ccc(O)cc3)c2cc1OC. The molecule has 1 N–H and O–H groups in total.